The average Bonchev–Trinajstić information content (AvgIpc) is 3.27. The number of hydrogen-bond acceptors (Lipinski definition) is 2. The van der Waals surface area contributed by atoms with Crippen LogP contribution < -0.4 is 40.4 Å². The summed E-state index contributed by atoms with van der Waals surface area (Å²) in [5, 5.41) is 8.64. The number of anilines is 1. The molecule has 1 spiro atoms. The van der Waals surface area contributed by atoms with E-state index < -0.39 is 0 Å². The van der Waals surface area contributed by atoms with E-state index in [1.165, 1.54) is 30.3 Å². The summed E-state index contributed by atoms with van der Waals surface area (Å²) in [6.07, 6.45) is 16.2. The normalized spacial score (nSPS) is 36.1. The van der Waals surface area contributed by atoms with Crippen LogP contribution >= 0.6 is 7.92 Å². The molecule has 10 unspecified atom stereocenters. The minimum atomic E-state index is -0.0321. The van der Waals surface area contributed by atoms with Crippen LogP contribution in [-0.4, -0.2) is 30.2 Å². The first-order chi connectivity index (χ1) is 23.4. The molecule has 9 rings (SSSR count). The Kier molecular flexibility index (Phi) is 11.5. The minimum Gasteiger partial charge on any atom is -0.658 e. The van der Waals surface area contributed by atoms with Gasteiger partial charge in [0, 0.05) is 7.05 Å². The standard InChI is InChI=1S/C35H45NP.C7H10N2.C2H5.Na/c1-3-28-20-34(21-30-15-17-35(28,30)34)37(33-16-14-29-19-31(22-33)32(29,33)2)24-36-23-27(26-12-8-5-9-13-26)18-25-10-6-4-7-11-25;1-9(8)7-5-3-2-4-6-7;1-2;/h4-13,27-31H,3,14-24H2,1-2H3;2-6H,8H2,1H3;1H2,2H3;/q-1;;-1;+1. The van der Waals surface area contributed by atoms with Gasteiger partial charge in [-0.1, -0.05) is 99.1 Å². The molecular formula is C44H60N3NaP-. The number of benzene rings is 3. The molecule has 6 aliphatic rings. The van der Waals surface area contributed by atoms with E-state index in [2.05, 4.69) is 81.4 Å². The van der Waals surface area contributed by atoms with Crippen molar-refractivity contribution in [2.24, 2.45) is 40.3 Å². The van der Waals surface area contributed by atoms with Gasteiger partial charge in [0.05, 0.1) is 5.69 Å². The van der Waals surface area contributed by atoms with Crippen LogP contribution in [-0.2, 0) is 6.42 Å². The molecule has 6 saturated carbocycles. The van der Waals surface area contributed by atoms with Crippen molar-refractivity contribution in [3.63, 3.8) is 0 Å². The predicted molar refractivity (Wildman–Crippen MR) is 207 cm³/mol. The summed E-state index contributed by atoms with van der Waals surface area (Å²) < 4.78 is 0. The van der Waals surface area contributed by atoms with Gasteiger partial charge in [-0.3, -0.25) is 0 Å². The van der Waals surface area contributed by atoms with E-state index >= 15 is 0 Å². The predicted octanol–water partition coefficient (Wildman–Crippen LogP) is 8.21. The van der Waals surface area contributed by atoms with Gasteiger partial charge in [0.1, 0.15) is 0 Å². The van der Waals surface area contributed by atoms with Gasteiger partial charge in [0.25, 0.3) is 0 Å². The molecule has 0 aliphatic heterocycles. The van der Waals surface area contributed by atoms with Crippen LogP contribution in [0.3, 0.4) is 0 Å². The maximum absolute atomic E-state index is 5.65. The van der Waals surface area contributed by atoms with Crippen LogP contribution in [0.4, 0.5) is 5.69 Å². The van der Waals surface area contributed by atoms with Crippen molar-refractivity contribution in [2.45, 2.75) is 101 Å². The second-order valence-corrected chi connectivity index (χ2v) is 19.1. The van der Waals surface area contributed by atoms with Crippen molar-refractivity contribution in [3.8, 4) is 0 Å². The Bertz CT molecular complexity index is 1500. The molecule has 0 aromatic heterocycles. The number of nitrogens with two attached hydrogens (primary N) is 1. The van der Waals surface area contributed by atoms with E-state index in [4.69, 9.17) is 11.2 Å². The fourth-order valence-electron chi connectivity index (χ4n) is 12.5. The molecule has 0 radical (unpaired) electrons. The maximum atomic E-state index is 5.65. The molecule has 0 saturated heterocycles. The van der Waals surface area contributed by atoms with Gasteiger partial charge >= 0.3 is 29.6 Å². The van der Waals surface area contributed by atoms with Crippen molar-refractivity contribution in [2.75, 3.05) is 24.9 Å². The van der Waals surface area contributed by atoms with E-state index in [1.54, 1.807) is 56.9 Å². The molecule has 6 aliphatic carbocycles. The largest absolute Gasteiger partial charge is 1.00 e. The Morgan fingerprint density at radius 1 is 0.837 bits per heavy atom. The van der Waals surface area contributed by atoms with Crippen LogP contribution in [0.5, 0.6) is 0 Å². The first-order valence-corrected chi connectivity index (χ1v) is 20.6. The Morgan fingerprint density at radius 2 is 1.45 bits per heavy atom. The Labute approximate surface area is 322 Å². The molecule has 3 aromatic rings. The van der Waals surface area contributed by atoms with Crippen molar-refractivity contribution in [3.05, 3.63) is 114 Å². The second-order valence-electron chi connectivity index (χ2n) is 16.2. The first-order valence-electron chi connectivity index (χ1n) is 19.1. The van der Waals surface area contributed by atoms with E-state index in [0.29, 0.717) is 16.5 Å². The SMILES string of the molecule is CCC1CC2(P(C[N-]CC(Cc3ccccc3)c3ccccc3)C34CCC5CC(C3)C54C)CC3CCC132.CN(N)c1ccccc1.[CH2-]C.[Na+]. The Hall–Kier alpha value is -1.19. The molecule has 258 valence electrons. The van der Waals surface area contributed by atoms with Crippen LogP contribution in [0.1, 0.15) is 95.6 Å². The van der Waals surface area contributed by atoms with Gasteiger partial charge in [0.15, 0.2) is 0 Å². The van der Waals surface area contributed by atoms with Crippen LogP contribution in [0.25, 0.3) is 5.32 Å². The molecule has 3 aromatic carbocycles. The zero-order chi connectivity index (χ0) is 33.6. The molecule has 6 fully saturated rings. The quantitative estimate of drug-likeness (QED) is 0.0728. The zero-order valence-electron chi connectivity index (χ0n) is 31.2. The fourth-order valence-corrected chi connectivity index (χ4v) is 17.8. The summed E-state index contributed by atoms with van der Waals surface area (Å²) in [6, 6.07) is 32.2. The number of rotatable bonds is 11. The number of nitrogens with zero attached hydrogens (tertiary/aromatic N) is 2. The third kappa shape index (κ3) is 5.75. The van der Waals surface area contributed by atoms with E-state index in [0.717, 1.165) is 52.9 Å². The number of hydrogen-bond donors (Lipinski definition) is 1. The molecule has 3 nitrogen and oxygen atoms in total. The molecule has 10 atom stereocenters. The third-order valence-corrected chi connectivity index (χ3v) is 19.3. The van der Waals surface area contributed by atoms with Crippen LogP contribution in [0, 0.1) is 41.4 Å². The molecule has 5 heteroatoms. The van der Waals surface area contributed by atoms with Gasteiger partial charge in [-0.2, -0.15) is 6.92 Å². The zero-order valence-corrected chi connectivity index (χ0v) is 34.1. The summed E-state index contributed by atoms with van der Waals surface area (Å²) in [5.41, 5.74) is 5.41. The number of para-hydroxylation sites is 1. The third-order valence-electron chi connectivity index (χ3n) is 15.0. The van der Waals surface area contributed by atoms with Gasteiger partial charge in [0.2, 0.25) is 0 Å². The summed E-state index contributed by atoms with van der Waals surface area (Å²) >= 11 is 0. The number of hydrazine groups is 1. The van der Waals surface area contributed by atoms with Gasteiger partial charge in [-0.15, -0.1) is 20.8 Å². The molecule has 49 heavy (non-hydrogen) atoms. The van der Waals surface area contributed by atoms with Crippen molar-refractivity contribution >= 4 is 13.6 Å². The fraction of sp³-hybridized carbons (Fsp3) is 0.568. The van der Waals surface area contributed by atoms with Crippen LogP contribution in [0.2, 0.25) is 0 Å². The summed E-state index contributed by atoms with van der Waals surface area (Å²) in [7, 11) is 1.78. The smallest absolute Gasteiger partial charge is 0.658 e. The topological polar surface area (TPSA) is 43.4 Å². The van der Waals surface area contributed by atoms with Gasteiger partial charge < -0.3 is 17.2 Å². The first kappa shape index (κ1) is 37.6. The van der Waals surface area contributed by atoms with Crippen molar-refractivity contribution in [1.82, 2.24) is 0 Å². The monoisotopic (exact) mass is 684 g/mol. The second kappa shape index (κ2) is 15.0. The average molecular weight is 685 g/mol. The van der Waals surface area contributed by atoms with Crippen LogP contribution in [0.15, 0.2) is 91.0 Å². The summed E-state index contributed by atoms with van der Waals surface area (Å²) in [6.45, 7) is 11.3. The Balaban J connectivity index is 0.000000302. The Morgan fingerprint density at radius 3 is 2.00 bits per heavy atom. The molecule has 0 amide bonds. The van der Waals surface area contributed by atoms with Crippen molar-refractivity contribution < 1.29 is 29.6 Å². The summed E-state index contributed by atoms with van der Waals surface area (Å²) in [5.74, 6) is 10.2. The van der Waals surface area contributed by atoms with E-state index in [9.17, 15) is 0 Å². The maximum Gasteiger partial charge on any atom is 1.00 e. The molecule has 0 bridgehead atoms. The van der Waals surface area contributed by atoms with Crippen molar-refractivity contribution in [1.29, 1.82) is 0 Å². The van der Waals surface area contributed by atoms with Gasteiger partial charge in [-0.05, 0) is 132 Å². The van der Waals surface area contributed by atoms with E-state index in [1.807, 2.05) is 37.4 Å². The minimum absolute atomic E-state index is 0. The summed E-state index contributed by atoms with van der Waals surface area (Å²) in [4.78, 5) is 0. The molecule has 0 heterocycles. The van der Waals surface area contributed by atoms with E-state index in [-0.39, 0.29) is 37.5 Å². The molecule has 2 N–H and O–H groups in total. The van der Waals surface area contributed by atoms with Gasteiger partial charge in [-0.25, -0.2) is 5.84 Å². The molecular weight excluding hydrogens is 624 g/mol.